The van der Waals surface area contributed by atoms with E-state index in [9.17, 15) is 9.90 Å². The summed E-state index contributed by atoms with van der Waals surface area (Å²) in [5, 5.41) is 9.99. The van der Waals surface area contributed by atoms with Gasteiger partial charge in [-0.3, -0.25) is 4.79 Å². The second-order valence-electron chi connectivity index (χ2n) is 5.06. The molecule has 0 amide bonds. The lowest BCUT2D eigenvalue weighted by Gasteiger charge is -2.27. The van der Waals surface area contributed by atoms with Crippen molar-refractivity contribution < 1.29 is 9.90 Å². The predicted molar refractivity (Wildman–Crippen MR) is 68.5 cm³/mol. The molecule has 0 radical (unpaired) electrons. The van der Waals surface area contributed by atoms with Crippen LogP contribution in [0.5, 0.6) is 0 Å². The molecule has 1 rings (SSSR count). The molecule has 0 aliphatic rings. The first-order valence-corrected chi connectivity index (χ1v) is 6.00. The van der Waals surface area contributed by atoms with Crippen LogP contribution < -0.4 is 0 Å². The van der Waals surface area contributed by atoms with E-state index in [0.717, 1.165) is 0 Å². The van der Waals surface area contributed by atoms with Crippen molar-refractivity contribution in [3.05, 3.63) is 28.0 Å². The highest BCUT2D eigenvalue weighted by atomic mass is 35.5. The fourth-order valence-corrected chi connectivity index (χ4v) is 2.01. The number of carboxylic acids is 1. The van der Waals surface area contributed by atoms with E-state index in [1.54, 1.807) is 0 Å². The Labute approximate surface area is 111 Å². The third-order valence-corrected chi connectivity index (χ3v) is 3.22. The molecule has 1 heterocycles. The first kappa shape index (κ1) is 14.3. The van der Waals surface area contributed by atoms with E-state index in [2.05, 4.69) is 4.98 Å². The summed E-state index contributed by atoms with van der Waals surface area (Å²) in [6.45, 7) is 5.68. The van der Waals surface area contributed by atoms with Gasteiger partial charge >= 0.3 is 5.97 Å². The Morgan fingerprint density at radius 3 is 2.47 bits per heavy atom. The van der Waals surface area contributed by atoms with Crippen molar-refractivity contribution >= 4 is 29.2 Å². The van der Waals surface area contributed by atoms with E-state index >= 15 is 0 Å². The summed E-state index contributed by atoms with van der Waals surface area (Å²) in [7, 11) is 0. The standard InChI is InChI=1S/C12H15Cl2NO2/c1-12(2,3)8(11(16)17)4-7-6-15-10(14)5-9(7)13/h5-6,8H,4H2,1-3H3,(H,16,17). The summed E-state index contributed by atoms with van der Waals surface area (Å²) in [5.41, 5.74) is 0.368. The molecule has 1 N–H and O–H groups in total. The molecule has 5 heteroatoms. The highest BCUT2D eigenvalue weighted by molar-refractivity contribution is 6.34. The minimum absolute atomic E-state index is 0.307. The van der Waals surface area contributed by atoms with Crippen molar-refractivity contribution in [2.24, 2.45) is 11.3 Å². The normalized spacial score (nSPS) is 13.5. The number of hydrogen-bond acceptors (Lipinski definition) is 2. The van der Waals surface area contributed by atoms with Gasteiger partial charge in [0, 0.05) is 11.2 Å². The highest BCUT2D eigenvalue weighted by Crippen LogP contribution is 2.31. The Kier molecular flexibility index (Phi) is 4.39. The lowest BCUT2D eigenvalue weighted by Crippen LogP contribution is -2.30. The van der Waals surface area contributed by atoms with Gasteiger partial charge < -0.3 is 5.11 Å². The van der Waals surface area contributed by atoms with Gasteiger partial charge in [0.25, 0.3) is 0 Å². The summed E-state index contributed by atoms with van der Waals surface area (Å²) < 4.78 is 0. The number of aliphatic carboxylic acids is 1. The summed E-state index contributed by atoms with van der Waals surface area (Å²) in [5.74, 6) is -1.34. The van der Waals surface area contributed by atoms with Crippen molar-refractivity contribution in [2.75, 3.05) is 0 Å². The van der Waals surface area contributed by atoms with E-state index < -0.39 is 11.9 Å². The van der Waals surface area contributed by atoms with Crippen LogP contribution in [-0.2, 0) is 11.2 Å². The third-order valence-electron chi connectivity index (χ3n) is 2.66. The average molecular weight is 276 g/mol. The number of aromatic nitrogens is 1. The molecular formula is C12H15Cl2NO2. The van der Waals surface area contributed by atoms with Crippen LogP contribution in [0, 0.1) is 11.3 Å². The van der Waals surface area contributed by atoms with Gasteiger partial charge in [-0.25, -0.2) is 4.98 Å². The molecule has 0 aliphatic carbocycles. The molecule has 0 aliphatic heterocycles. The van der Waals surface area contributed by atoms with Crippen LogP contribution in [0.4, 0.5) is 0 Å². The van der Waals surface area contributed by atoms with Crippen LogP contribution in [0.25, 0.3) is 0 Å². The summed E-state index contributed by atoms with van der Waals surface area (Å²) >= 11 is 11.7. The molecule has 94 valence electrons. The fourth-order valence-electron chi connectivity index (χ4n) is 1.57. The molecule has 0 saturated carbocycles. The van der Waals surface area contributed by atoms with E-state index in [0.29, 0.717) is 22.2 Å². The Hall–Kier alpha value is -0.800. The summed E-state index contributed by atoms with van der Waals surface area (Å²) in [6.07, 6.45) is 1.88. The lowest BCUT2D eigenvalue weighted by molar-refractivity contribution is -0.145. The van der Waals surface area contributed by atoms with Crippen molar-refractivity contribution in [1.29, 1.82) is 0 Å². The zero-order valence-electron chi connectivity index (χ0n) is 10.00. The van der Waals surface area contributed by atoms with Crippen LogP contribution >= 0.6 is 23.2 Å². The lowest BCUT2D eigenvalue weighted by atomic mass is 9.77. The maximum atomic E-state index is 11.2. The molecule has 1 aromatic rings. The van der Waals surface area contributed by atoms with Crippen LogP contribution in [0.15, 0.2) is 12.3 Å². The number of carbonyl (C=O) groups is 1. The Morgan fingerprint density at radius 1 is 1.47 bits per heavy atom. The van der Waals surface area contributed by atoms with Crippen LogP contribution in [-0.4, -0.2) is 16.1 Å². The van der Waals surface area contributed by atoms with E-state index in [-0.39, 0.29) is 5.41 Å². The molecule has 17 heavy (non-hydrogen) atoms. The molecule has 1 aromatic heterocycles. The quantitative estimate of drug-likeness (QED) is 0.857. The fraction of sp³-hybridized carbons (Fsp3) is 0.500. The van der Waals surface area contributed by atoms with Crippen molar-refractivity contribution in [3.63, 3.8) is 0 Å². The molecule has 0 saturated heterocycles. The molecule has 0 bridgehead atoms. The number of hydrogen-bond donors (Lipinski definition) is 1. The number of carboxylic acid groups (broad SMARTS) is 1. The molecule has 3 nitrogen and oxygen atoms in total. The number of rotatable bonds is 3. The maximum absolute atomic E-state index is 11.2. The smallest absolute Gasteiger partial charge is 0.307 e. The first-order valence-electron chi connectivity index (χ1n) is 5.24. The molecule has 1 unspecified atom stereocenters. The summed E-state index contributed by atoms with van der Waals surface area (Å²) in [4.78, 5) is 15.2. The topological polar surface area (TPSA) is 50.2 Å². The molecule has 0 fully saturated rings. The molecule has 0 spiro atoms. The predicted octanol–water partition coefficient (Wildman–Crippen LogP) is 3.68. The minimum Gasteiger partial charge on any atom is -0.481 e. The second-order valence-corrected chi connectivity index (χ2v) is 5.85. The van der Waals surface area contributed by atoms with Gasteiger partial charge in [0.05, 0.1) is 5.92 Å². The third kappa shape index (κ3) is 3.86. The number of nitrogens with zero attached hydrogens (tertiary/aromatic N) is 1. The van der Waals surface area contributed by atoms with Crippen molar-refractivity contribution in [1.82, 2.24) is 4.98 Å². The van der Waals surface area contributed by atoms with Gasteiger partial charge in [0.15, 0.2) is 0 Å². The number of pyridine rings is 1. The van der Waals surface area contributed by atoms with Gasteiger partial charge in [-0.15, -0.1) is 0 Å². The molecular weight excluding hydrogens is 261 g/mol. The minimum atomic E-state index is -0.830. The zero-order chi connectivity index (χ0) is 13.2. The van der Waals surface area contributed by atoms with Gasteiger partial charge in [-0.05, 0) is 23.5 Å². The van der Waals surface area contributed by atoms with Crippen LogP contribution in [0.3, 0.4) is 0 Å². The number of halogens is 2. The largest absolute Gasteiger partial charge is 0.481 e. The second kappa shape index (κ2) is 5.23. The van der Waals surface area contributed by atoms with Crippen molar-refractivity contribution in [3.8, 4) is 0 Å². The van der Waals surface area contributed by atoms with Crippen LogP contribution in [0.2, 0.25) is 10.2 Å². The van der Waals surface area contributed by atoms with Crippen LogP contribution in [0.1, 0.15) is 26.3 Å². The SMILES string of the molecule is CC(C)(C)C(Cc1cnc(Cl)cc1Cl)C(=O)O. The molecule has 1 atom stereocenters. The monoisotopic (exact) mass is 275 g/mol. The van der Waals surface area contributed by atoms with Gasteiger partial charge in [-0.1, -0.05) is 44.0 Å². The van der Waals surface area contributed by atoms with Gasteiger partial charge in [0.2, 0.25) is 0 Å². The Balaban J connectivity index is 2.98. The highest BCUT2D eigenvalue weighted by Gasteiger charge is 2.31. The summed E-state index contributed by atoms with van der Waals surface area (Å²) in [6, 6.07) is 1.53. The Morgan fingerprint density at radius 2 is 2.06 bits per heavy atom. The van der Waals surface area contributed by atoms with E-state index in [1.165, 1.54) is 12.3 Å². The first-order chi connectivity index (χ1) is 7.71. The zero-order valence-corrected chi connectivity index (χ0v) is 11.5. The van der Waals surface area contributed by atoms with Crippen molar-refractivity contribution in [2.45, 2.75) is 27.2 Å². The average Bonchev–Trinajstić information content (AvgIpc) is 2.13. The Bertz CT molecular complexity index is 427. The maximum Gasteiger partial charge on any atom is 0.307 e. The van der Waals surface area contributed by atoms with Gasteiger partial charge in [0.1, 0.15) is 5.15 Å². The van der Waals surface area contributed by atoms with E-state index in [1.807, 2.05) is 20.8 Å². The van der Waals surface area contributed by atoms with Gasteiger partial charge in [-0.2, -0.15) is 0 Å². The van der Waals surface area contributed by atoms with E-state index in [4.69, 9.17) is 23.2 Å². The molecule has 0 aromatic carbocycles.